The van der Waals surface area contributed by atoms with Gasteiger partial charge in [0.1, 0.15) is 5.15 Å². The molecule has 0 saturated carbocycles. The summed E-state index contributed by atoms with van der Waals surface area (Å²) in [7, 11) is 0. The van der Waals surface area contributed by atoms with Gasteiger partial charge in [-0.15, -0.1) is 0 Å². The molecule has 0 amide bonds. The van der Waals surface area contributed by atoms with E-state index in [2.05, 4.69) is 37.9 Å². The number of fused-ring (bicyclic) bond motifs is 1. The third-order valence-corrected chi connectivity index (χ3v) is 2.79. The van der Waals surface area contributed by atoms with Gasteiger partial charge in [-0.25, -0.2) is 4.98 Å². The van der Waals surface area contributed by atoms with E-state index in [9.17, 15) is 0 Å². The van der Waals surface area contributed by atoms with Crippen LogP contribution in [0.4, 0.5) is 0 Å². The van der Waals surface area contributed by atoms with E-state index >= 15 is 0 Å². The molecule has 1 heterocycles. The van der Waals surface area contributed by atoms with Gasteiger partial charge >= 0.3 is 0 Å². The van der Waals surface area contributed by atoms with Crippen molar-refractivity contribution in [2.75, 3.05) is 0 Å². The SMILES string of the molecule is CC(C)(C)c1c(Cl)ncc2ccccc12. The van der Waals surface area contributed by atoms with Crippen molar-refractivity contribution >= 4 is 22.4 Å². The molecule has 1 aromatic carbocycles. The van der Waals surface area contributed by atoms with Gasteiger partial charge in [-0.1, -0.05) is 56.6 Å². The predicted molar refractivity (Wildman–Crippen MR) is 65.5 cm³/mol. The minimum atomic E-state index is 0.0188. The molecule has 0 radical (unpaired) electrons. The predicted octanol–water partition coefficient (Wildman–Crippen LogP) is 4.19. The van der Waals surface area contributed by atoms with E-state index in [1.54, 1.807) is 0 Å². The maximum atomic E-state index is 6.18. The van der Waals surface area contributed by atoms with E-state index in [0.717, 1.165) is 10.9 Å². The summed E-state index contributed by atoms with van der Waals surface area (Å²) in [5.41, 5.74) is 1.15. The van der Waals surface area contributed by atoms with Crippen LogP contribution in [0.2, 0.25) is 5.15 Å². The van der Waals surface area contributed by atoms with Crippen LogP contribution in [0.15, 0.2) is 30.5 Å². The van der Waals surface area contributed by atoms with Gasteiger partial charge in [0, 0.05) is 17.1 Å². The molecule has 0 spiro atoms. The second-order valence-electron chi connectivity index (χ2n) is 4.76. The summed E-state index contributed by atoms with van der Waals surface area (Å²) in [5.74, 6) is 0. The summed E-state index contributed by atoms with van der Waals surface area (Å²) in [6.07, 6.45) is 1.83. The standard InChI is InChI=1S/C13H14ClN/c1-13(2,3)11-10-7-5-4-6-9(10)8-15-12(11)14/h4-8H,1-3H3. The average molecular weight is 220 g/mol. The van der Waals surface area contributed by atoms with Crippen molar-refractivity contribution < 1.29 is 0 Å². The average Bonchev–Trinajstić information content (AvgIpc) is 2.15. The van der Waals surface area contributed by atoms with Crippen molar-refractivity contribution in [3.05, 3.63) is 41.2 Å². The number of benzene rings is 1. The Morgan fingerprint density at radius 2 is 1.80 bits per heavy atom. The molecule has 0 saturated heterocycles. The lowest BCUT2D eigenvalue weighted by molar-refractivity contribution is 0.594. The molecular formula is C13H14ClN. The van der Waals surface area contributed by atoms with E-state index in [-0.39, 0.29) is 5.41 Å². The van der Waals surface area contributed by atoms with E-state index in [4.69, 9.17) is 11.6 Å². The Morgan fingerprint density at radius 3 is 2.47 bits per heavy atom. The Balaban J connectivity index is 2.86. The zero-order valence-corrected chi connectivity index (χ0v) is 9.97. The lowest BCUT2D eigenvalue weighted by atomic mass is 9.85. The highest BCUT2D eigenvalue weighted by Crippen LogP contribution is 2.34. The molecule has 2 aromatic rings. The van der Waals surface area contributed by atoms with Crippen LogP contribution in [-0.2, 0) is 5.41 Å². The largest absolute Gasteiger partial charge is 0.244 e. The monoisotopic (exact) mass is 219 g/mol. The van der Waals surface area contributed by atoms with Gasteiger partial charge in [0.05, 0.1) is 0 Å². The highest BCUT2D eigenvalue weighted by Gasteiger charge is 2.20. The van der Waals surface area contributed by atoms with Gasteiger partial charge in [0.25, 0.3) is 0 Å². The Bertz CT molecular complexity index is 497. The lowest BCUT2D eigenvalue weighted by Crippen LogP contribution is -2.13. The van der Waals surface area contributed by atoms with Crippen LogP contribution < -0.4 is 0 Å². The highest BCUT2D eigenvalue weighted by atomic mass is 35.5. The number of hydrogen-bond donors (Lipinski definition) is 0. The highest BCUT2D eigenvalue weighted by molar-refractivity contribution is 6.31. The van der Waals surface area contributed by atoms with Crippen molar-refractivity contribution in [1.29, 1.82) is 0 Å². The van der Waals surface area contributed by atoms with Crippen molar-refractivity contribution in [2.45, 2.75) is 26.2 Å². The number of hydrogen-bond acceptors (Lipinski definition) is 1. The molecule has 0 aliphatic heterocycles. The molecule has 0 fully saturated rings. The first-order chi connectivity index (χ1) is 7.00. The Kier molecular flexibility index (Phi) is 2.43. The van der Waals surface area contributed by atoms with Gasteiger partial charge in [0.15, 0.2) is 0 Å². The van der Waals surface area contributed by atoms with E-state index in [1.807, 2.05) is 18.3 Å². The maximum absolute atomic E-state index is 6.18. The fourth-order valence-corrected chi connectivity index (χ4v) is 2.29. The smallest absolute Gasteiger partial charge is 0.133 e. The van der Waals surface area contributed by atoms with Crippen LogP contribution in [0.3, 0.4) is 0 Å². The molecule has 0 aliphatic carbocycles. The van der Waals surface area contributed by atoms with Crippen LogP contribution >= 0.6 is 11.6 Å². The van der Waals surface area contributed by atoms with E-state index in [0.29, 0.717) is 5.15 Å². The Hall–Kier alpha value is -1.08. The molecular weight excluding hydrogens is 206 g/mol. The first-order valence-electron chi connectivity index (χ1n) is 5.04. The third kappa shape index (κ3) is 1.84. The minimum absolute atomic E-state index is 0.0188. The number of aromatic nitrogens is 1. The van der Waals surface area contributed by atoms with Crippen molar-refractivity contribution in [2.24, 2.45) is 0 Å². The fraction of sp³-hybridized carbons (Fsp3) is 0.308. The number of pyridine rings is 1. The first-order valence-corrected chi connectivity index (χ1v) is 5.41. The normalized spacial score (nSPS) is 12.0. The molecule has 0 unspecified atom stereocenters. The fourth-order valence-electron chi connectivity index (χ4n) is 1.85. The Labute approximate surface area is 95.1 Å². The molecule has 15 heavy (non-hydrogen) atoms. The van der Waals surface area contributed by atoms with Crippen molar-refractivity contribution in [1.82, 2.24) is 4.98 Å². The molecule has 0 N–H and O–H groups in total. The van der Waals surface area contributed by atoms with Crippen molar-refractivity contribution in [3.63, 3.8) is 0 Å². The third-order valence-electron chi connectivity index (χ3n) is 2.50. The molecule has 2 heteroatoms. The zero-order valence-electron chi connectivity index (χ0n) is 9.21. The van der Waals surface area contributed by atoms with E-state index in [1.165, 1.54) is 5.39 Å². The summed E-state index contributed by atoms with van der Waals surface area (Å²) >= 11 is 6.18. The molecule has 2 rings (SSSR count). The van der Waals surface area contributed by atoms with E-state index < -0.39 is 0 Å². The summed E-state index contributed by atoms with van der Waals surface area (Å²) in [6.45, 7) is 6.47. The van der Waals surface area contributed by atoms with Gasteiger partial charge < -0.3 is 0 Å². The minimum Gasteiger partial charge on any atom is -0.244 e. The van der Waals surface area contributed by atoms with Gasteiger partial charge in [-0.05, 0) is 10.8 Å². The van der Waals surface area contributed by atoms with Crippen LogP contribution in [0.1, 0.15) is 26.3 Å². The van der Waals surface area contributed by atoms with Gasteiger partial charge in [0.2, 0.25) is 0 Å². The summed E-state index contributed by atoms with van der Waals surface area (Å²) in [4.78, 5) is 4.24. The maximum Gasteiger partial charge on any atom is 0.133 e. The van der Waals surface area contributed by atoms with Crippen LogP contribution in [0.5, 0.6) is 0 Å². The number of rotatable bonds is 0. The number of nitrogens with zero attached hydrogens (tertiary/aromatic N) is 1. The first kappa shape index (κ1) is 10.4. The zero-order chi connectivity index (χ0) is 11.1. The molecule has 0 bridgehead atoms. The summed E-state index contributed by atoms with van der Waals surface area (Å²) < 4.78 is 0. The van der Waals surface area contributed by atoms with Gasteiger partial charge in [-0.3, -0.25) is 0 Å². The molecule has 78 valence electrons. The molecule has 0 atom stereocenters. The van der Waals surface area contributed by atoms with Crippen LogP contribution in [0, 0.1) is 0 Å². The Morgan fingerprint density at radius 1 is 1.13 bits per heavy atom. The second kappa shape index (κ2) is 3.49. The lowest BCUT2D eigenvalue weighted by Gasteiger charge is -2.22. The summed E-state index contributed by atoms with van der Waals surface area (Å²) in [5, 5.41) is 2.96. The molecule has 1 nitrogen and oxygen atoms in total. The summed E-state index contributed by atoms with van der Waals surface area (Å²) in [6, 6.07) is 8.22. The molecule has 1 aromatic heterocycles. The van der Waals surface area contributed by atoms with Crippen LogP contribution in [0.25, 0.3) is 10.8 Å². The van der Waals surface area contributed by atoms with Crippen LogP contribution in [-0.4, -0.2) is 4.98 Å². The number of halogens is 1. The molecule has 0 aliphatic rings. The van der Waals surface area contributed by atoms with Gasteiger partial charge in [-0.2, -0.15) is 0 Å². The topological polar surface area (TPSA) is 12.9 Å². The quantitative estimate of drug-likeness (QED) is 0.606. The second-order valence-corrected chi connectivity index (χ2v) is 5.12. The van der Waals surface area contributed by atoms with Crippen molar-refractivity contribution in [3.8, 4) is 0 Å².